The number of halogens is 3. The summed E-state index contributed by atoms with van der Waals surface area (Å²) >= 11 is 0. The number of hydrogen-bond acceptors (Lipinski definition) is 6. The van der Waals surface area contributed by atoms with E-state index in [2.05, 4.69) is 33.9 Å². The van der Waals surface area contributed by atoms with Crippen molar-refractivity contribution in [1.29, 1.82) is 0 Å². The largest absolute Gasteiger partial charge is 0.466 e. The maximum atomic E-state index is 11.5. The highest BCUT2D eigenvalue weighted by molar-refractivity contribution is 5.89. The van der Waals surface area contributed by atoms with Gasteiger partial charge < -0.3 is 14.2 Å². The smallest absolute Gasteiger partial charge is 0.422 e. The van der Waals surface area contributed by atoms with E-state index in [9.17, 15) is 27.6 Å². The molecule has 23 heavy (non-hydrogen) atoms. The second-order valence-corrected chi connectivity index (χ2v) is 3.47. The Hall–Kier alpha value is -2.58. The number of methoxy groups -OCH3 is 3. The van der Waals surface area contributed by atoms with Crippen LogP contribution < -0.4 is 0 Å². The third-order valence-electron chi connectivity index (χ3n) is 1.68. The molecule has 0 aliphatic rings. The van der Waals surface area contributed by atoms with Gasteiger partial charge in [0.15, 0.2) is 0 Å². The molecule has 0 spiro atoms. The van der Waals surface area contributed by atoms with Crippen LogP contribution in [0, 0.1) is 0 Å². The van der Waals surface area contributed by atoms with Gasteiger partial charge >= 0.3 is 24.1 Å². The number of hydrogen-bond donors (Lipinski definition) is 0. The van der Waals surface area contributed by atoms with Gasteiger partial charge in [0.1, 0.15) is 5.57 Å². The van der Waals surface area contributed by atoms with Crippen molar-refractivity contribution in [3.8, 4) is 0 Å². The fourth-order valence-corrected chi connectivity index (χ4v) is 0.496. The van der Waals surface area contributed by atoms with Gasteiger partial charge in [0.05, 0.1) is 21.3 Å². The summed E-state index contributed by atoms with van der Waals surface area (Å²) in [6.07, 6.45) is -3.58. The summed E-state index contributed by atoms with van der Waals surface area (Å²) in [7, 11) is 3.50. The molecule has 0 aromatic rings. The van der Waals surface area contributed by atoms with Gasteiger partial charge in [-0.2, -0.15) is 13.2 Å². The molecule has 0 atom stereocenters. The lowest BCUT2D eigenvalue weighted by molar-refractivity contribution is -0.148. The van der Waals surface area contributed by atoms with Crippen molar-refractivity contribution in [1.82, 2.24) is 0 Å². The Labute approximate surface area is 132 Å². The first-order valence-electron chi connectivity index (χ1n) is 5.67. The minimum absolute atomic E-state index is 0.347. The Bertz CT molecular complexity index is 452. The van der Waals surface area contributed by atoms with E-state index in [0.29, 0.717) is 5.57 Å². The Balaban J connectivity index is -0.000000272. The minimum Gasteiger partial charge on any atom is -0.466 e. The zero-order valence-corrected chi connectivity index (χ0v) is 13.3. The lowest BCUT2D eigenvalue weighted by atomic mass is 10.3. The molecule has 0 aromatic heterocycles. The highest BCUT2D eigenvalue weighted by atomic mass is 19.4. The molecule has 0 N–H and O–H groups in total. The second kappa shape index (κ2) is 13.1. The van der Waals surface area contributed by atoms with Crippen LogP contribution >= 0.6 is 0 Å². The molecular formula is C14H19F3O6. The Kier molecular flexibility index (Phi) is 14.5. The highest BCUT2D eigenvalue weighted by Gasteiger charge is 2.37. The van der Waals surface area contributed by atoms with Crippen LogP contribution in [0.5, 0.6) is 0 Å². The first kappa shape index (κ1) is 25.4. The molecule has 0 saturated carbocycles. The lowest BCUT2D eigenvalue weighted by Gasteiger charge is -2.05. The van der Waals surface area contributed by atoms with E-state index in [4.69, 9.17) is 0 Å². The summed E-state index contributed by atoms with van der Waals surface area (Å²) in [4.78, 5) is 30.1. The molecule has 0 fully saturated rings. The second-order valence-electron chi connectivity index (χ2n) is 3.47. The van der Waals surface area contributed by atoms with E-state index in [-0.39, 0.29) is 5.97 Å². The first-order chi connectivity index (χ1) is 10.4. The average molecular weight is 340 g/mol. The van der Waals surface area contributed by atoms with Crippen molar-refractivity contribution in [2.24, 2.45) is 0 Å². The lowest BCUT2D eigenvalue weighted by Crippen LogP contribution is -2.19. The normalized spacial score (nSPS) is 8.83. The van der Waals surface area contributed by atoms with Gasteiger partial charge in [0.25, 0.3) is 0 Å². The summed E-state index contributed by atoms with van der Waals surface area (Å²) < 4.78 is 46.7. The summed E-state index contributed by atoms with van der Waals surface area (Å²) in [6.45, 7) is 10.6. The zero-order chi connectivity index (χ0) is 19.2. The summed E-state index contributed by atoms with van der Waals surface area (Å²) in [5, 5.41) is 0. The predicted molar refractivity (Wildman–Crippen MR) is 76.3 cm³/mol. The van der Waals surface area contributed by atoms with E-state index < -0.39 is 23.7 Å². The molecule has 0 aromatic carbocycles. The number of ether oxygens (including phenoxy) is 3. The minimum atomic E-state index is -4.69. The van der Waals surface area contributed by atoms with Crippen LogP contribution in [0.2, 0.25) is 0 Å². The van der Waals surface area contributed by atoms with Gasteiger partial charge in [0.2, 0.25) is 0 Å². The quantitative estimate of drug-likeness (QED) is 0.446. The molecule has 0 radical (unpaired) electrons. The number of rotatable bonds is 3. The van der Waals surface area contributed by atoms with Gasteiger partial charge in [0, 0.05) is 11.6 Å². The number of esters is 3. The van der Waals surface area contributed by atoms with E-state index >= 15 is 0 Å². The van der Waals surface area contributed by atoms with Crippen LogP contribution in [0.15, 0.2) is 37.0 Å². The van der Waals surface area contributed by atoms with Crippen molar-refractivity contribution < 1.29 is 41.8 Å². The average Bonchev–Trinajstić information content (AvgIpc) is 2.51. The maximum absolute atomic E-state index is 11.5. The number of alkyl halides is 3. The van der Waals surface area contributed by atoms with Crippen LogP contribution in [-0.4, -0.2) is 45.4 Å². The Morgan fingerprint density at radius 1 is 0.913 bits per heavy atom. The summed E-state index contributed by atoms with van der Waals surface area (Å²) in [6, 6.07) is 0. The molecule has 6 nitrogen and oxygen atoms in total. The Morgan fingerprint density at radius 3 is 1.35 bits per heavy atom. The van der Waals surface area contributed by atoms with Crippen LogP contribution in [0.1, 0.15) is 6.92 Å². The van der Waals surface area contributed by atoms with E-state index in [1.165, 1.54) is 14.2 Å². The van der Waals surface area contributed by atoms with Crippen molar-refractivity contribution in [2.45, 2.75) is 13.1 Å². The molecule has 0 amide bonds. The molecular weight excluding hydrogens is 321 g/mol. The van der Waals surface area contributed by atoms with Crippen LogP contribution in [0.4, 0.5) is 13.2 Å². The molecule has 132 valence electrons. The fraction of sp³-hybridized carbons (Fsp3) is 0.357. The van der Waals surface area contributed by atoms with Gasteiger partial charge in [-0.15, -0.1) is 0 Å². The molecule has 0 bridgehead atoms. The highest BCUT2D eigenvalue weighted by Crippen LogP contribution is 2.24. The molecule has 0 aliphatic carbocycles. The van der Waals surface area contributed by atoms with Crippen LogP contribution in [0.3, 0.4) is 0 Å². The first-order valence-corrected chi connectivity index (χ1v) is 5.67. The monoisotopic (exact) mass is 340 g/mol. The topological polar surface area (TPSA) is 78.9 Å². The zero-order valence-electron chi connectivity index (χ0n) is 13.3. The van der Waals surface area contributed by atoms with E-state index in [1.54, 1.807) is 6.92 Å². The van der Waals surface area contributed by atoms with Crippen molar-refractivity contribution in [2.75, 3.05) is 21.3 Å². The summed E-state index contributed by atoms with van der Waals surface area (Å²) in [5.41, 5.74) is -1.06. The number of carbonyl (C=O) groups excluding carboxylic acids is 3. The predicted octanol–water partition coefficient (Wildman–Crippen LogP) is 2.36. The third kappa shape index (κ3) is 15.6. The van der Waals surface area contributed by atoms with Crippen molar-refractivity contribution in [3.05, 3.63) is 37.0 Å². The van der Waals surface area contributed by atoms with Gasteiger partial charge in [-0.1, -0.05) is 19.7 Å². The third-order valence-corrected chi connectivity index (χ3v) is 1.68. The standard InChI is InChI=1S/C5H5F3O2.C5H8O2.C4H6O2/c1-3(4(9)10-2)5(6,7)8;1-4(2)5(6)7-3;1-3-4(5)6-2/h1H2,2H3;1H2,2-3H3;3H,1H2,2H3. The molecule has 0 aliphatic heterocycles. The maximum Gasteiger partial charge on any atom is 0.422 e. The molecule has 9 heteroatoms. The van der Waals surface area contributed by atoms with Gasteiger partial charge in [-0.05, 0) is 6.92 Å². The molecule has 0 saturated heterocycles. The Morgan fingerprint density at radius 2 is 1.30 bits per heavy atom. The van der Waals surface area contributed by atoms with Gasteiger partial charge in [-0.3, -0.25) is 0 Å². The van der Waals surface area contributed by atoms with E-state index in [1.807, 2.05) is 0 Å². The molecule has 0 heterocycles. The van der Waals surface area contributed by atoms with Gasteiger partial charge in [-0.25, -0.2) is 14.4 Å². The molecule has 0 unspecified atom stereocenters. The fourth-order valence-electron chi connectivity index (χ4n) is 0.496. The molecule has 0 rings (SSSR count). The van der Waals surface area contributed by atoms with Crippen LogP contribution in [-0.2, 0) is 28.6 Å². The van der Waals surface area contributed by atoms with Crippen LogP contribution in [0.25, 0.3) is 0 Å². The summed E-state index contributed by atoms with van der Waals surface area (Å²) in [5.74, 6) is -2.19. The van der Waals surface area contributed by atoms with Crippen molar-refractivity contribution >= 4 is 17.9 Å². The SMILES string of the molecule is C=C(C(=O)OC)C(F)(F)F.C=C(C)C(=O)OC.C=CC(=O)OC. The van der Waals surface area contributed by atoms with Crippen molar-refractivity contribution in [3.63, 3.8) is 0 Å². The number of carbonyl (C=O) groups is 3. The van der Waals surface area contributed by atoms with E-state index in [0.717, 1.165) is 13.2 Å².